The fourth-order valence-corrected chi connectivity index (χ4v) is 3.95. The quantitative estimate of drug-likeness (QED) is 0.489. The van der Waals surface area contributed by atoms with Crippen LogP contribution in [0.4, 0.5) is 0 Å². The lowest BCUT2D eigenvalue weighted by Crippen LogP contribution is -2.32. The van der Waals surface area contributed by atoms with Gasteiger partial charge in [0.05, 0.1) is 23.4 Å². The normalized spacial score (nSPS) is 13.9. The number of aromatic nitrogens is 3. The van der Waals surface area contributed by atoms with Gasteiger partial charge in [-0.25, -0.2) is 15.0 Å². The van der Waals surface area contributed by atoms with E-state index in [1.165, 1.54) is 25.2 Å². The zero-order chi connectivity index (χ0) is 22.3. The SMILES string of the molecule is CCCCOc1c(C)c(COc2ncc(C(=O)NC3CCCC3)cn2)nc2ccccc12. The molecule has 2 heterocycles. The highest BCUT2D eigenvalue weighted by Gasteiger charge is 2.19. The zero-order valence-corrected chi connectivity index (χ0v) is 18.8. The summed E-state index contributed by atoms with van der Waals surface area (Å²) in [4.78, 5) is 25.5. The van der Waals surface area contributed by atoms with Crippen LogP contribution in [-0.4, -0.2) is 33.5 Å². The average Bonchev–Trinajstić information content (AvgIpc) is 3.33. The summed E-state index contributed by atoms with van der Waals surface area (Å²) in [6.45, 7) is 5.02. The predicted molar refractivity (Wildman–Crippen MR) is 123 cm³/mol. The summed E-state index contributed by atoms with van der Waals surface area (Å²) in [5.74, 6) is 0.715. The molecular weight excluding hydrogens is 404 g/mol. The van der Waals surface area contributed by atoms with Crippen molar-refractivity contribution in [3.63, 3.8) is 0 Å². The van der Waals surface area contributed by atoms with Crippen molar-refractivity contribution in [1.82, 2.24) is 20.3 Å². The molecule has 1 aliphatic carbocycles. The van der Waals surface area contributed by atoms with Crippen LogP contribution in [-0.2, 0) is 6.61 Å². The molecule has 1 aromatic carbocycles. The summed E-state index contributed by atoms with van der Waals surface area (Å²) in [5, 5.41) is 4.04. The lowest BCUT2D eigenvalue weighted by molar-refractivity contribution is 0.0937. The number of unbranched alkanes of at least 4 members (excludes halogenated alkanes) is 1. The highest BCUT2D eigenvalue weighted by molar-refractivity contribution is 5.93. The Morgan fingerprint density at radius 1 is 1.12 bits per heavy atom. The number of rotatable bonds is 9. The van der Waals surface area contributed by atoms with E-state index < -0.39 is 0 Å². The molecule has 32 heavy (non-hydrogen) atoms. The third kappa shape index (κ3) is 5.15. The Balaban J connectivity index is 1.45. The van der Waals surface area contributed by atoms with Gasteiger partial charge in [-0.3, -0.25) is 4.79 Å². The molecule has 2 aromatic heterocycles. The Kier molecular flexibility index (Phi) is 7.14. The second-order valence-electron chi connectivity index (χ2n) is 8.23. The smallest absolute Gasteiger partial charge is 0.316 e. The molecule has 1 N–H and O–H groups in total. The van der Waals surface area contributed by atoms with Gasteiger partial charge in [0.25, 0.3) is 5.91 Å². The average molecular weight is 435 g/mol. The summed E-state index contributed by atoms with van der Waals surface area (Å²) in [5.41, 5.74) is 3.04. The third-order valence-electron chi connectivity index (χ3n) is 5.84. The molecule has 0 atom stereocenters. The van der Waals surface area contributed by atoms with Crippen LogP contribution in [0.3, 0.4) is 0 Å². The van der Waals surface area contributed by atoms with Gasteiger partial charge in [0, 0.05) is 29.4 Å². The lowest BCUT2D eigenvalue weighted by atomic mass is 10.1. The van der Waals surface area contributed by atoms with Crippen LogP contribution < -0.4 is 14.8 Å². The Hall–Kier alpha value is -3.22. The van der Waals surface area contributed by atoms with E-state index in [0.717, 1.165) is 53.6 Å². The molecule has 0 spiro atoms. The summed E-state index contributed by atoms with van der Waals surface area (Å²) in [6.07, 6.45) is 9.50. The molecule has 4 rings (SSSR count). The molecule has 3 aromatic rings. The monoisotopic (exact) mass is 434 g/mol. The van der Waals surface area contributed by atoms with Crippen LogP contribution in [0.2, 0.25) is 0 Å². The number of para-hydroxylation sites is 1. The van der Waals surface area contributed by atoms with Crippen LogP contribution in [0.5, 0.6) is 11.8 Å². The van der Waals surface area contributed by atoms with E-state index in [9.17, 15) is 4.79 Å². The van der Waals surface area contributed by atoms with E-state index in [-0.39, 0.29) is 24.6 Å². The molecule has 0 saturated heterocycles. The molecule has 7 heteroatoms. The van der Waals surface area contributed by atoms with Crippen molar-refractivity contribution in [3.8, 4) is 11.8 Å². The summed E-state index contributed by atoms with van der Waals surface area (Å²) < 4.78 is 11.9. The number of amides is 1. The van der Waals surface area contributed by atoms with Gasteiger partial charge in [-0.15, -0.1) is 0 Å². The minimum absolute atomic E-state index is 0.135. The molecule has 1 saturated carbocycles. The number of hydrogen-bond acceptors (Lipinski definition) is 6. The van der Waals surface area contributed by atoms with Crippen molar-refractivity contribution in [2.45, 2.75) is 65.0 Å². The van der Waals surface area contributed by atoms with Gasteiger partial charge < -0.3 is 14.8 Å². The van der Waals surface area contributed by atoms with Crippen molar-refractivity contribution in [2.75, 3.05) is 6.61 Å². The van der Waals surface area contributed by atoms with E-state index >= 15 is 0 Å². The number of benzene rings is 1. The molecule has 168 valence electrons. The first-order chi connectivity index (χ1) is 15.7. The summed E-state index contributed by atoms with van der Waals surface area (Å²) in [7, 11) is 0. The minimum atomic E-state index is -0.135. The largest absolute Gasteiger partial charge is 0.493 e. The molecular formula is C25H30N4O3. The topological polar surface area (TPSA) is 86.2 Å². The lowest BCUT2D eigenvalue weighted by Gasteiger charge is -2.15. The van der Waals surface area contributed by atoms with Gasteiger partial charge >= 0.3 is 6.01 Å². The first-order valence-corrected chi connectivity index (χ1v) is 11.4. The van der Waals surface area contributed by atoms with Gasteiger partial charge in [0.1, 0.15) is 12.4 Å². The maximum Gasteiger partial charge on any atom is 0.316 e. The number of hydrogen-bond donors (Lipinski definition) is 1. The van der Waals surface area contributed by atoms with E-state index in [2.05, 4.69) is 22.2 Å². The first kappa shape index (κ1) is 22.0. The van der Waals surface area contributed by atoms with E-state index in [1.54, 1.807) is 0 Å². The maximum atomic E-state index is 12.4. The molecule has 0 radical (unpaired) electrons. The van der Waals surface area contributed by atoms with Crippen molar-refractivity contribution >= 4 is 16.8 Å². The van der Waals surface area contributed by atoms with Gasteiger partial charge in [-0.05, 0) is 38.3 Å². The Morgan fingerprint density at radius 3 is 2.62 bits per heavy atom. The van der Waals surface area contributed by atoms with Gasteiger partial charge in [-0.1, -0.05) is 38.3 Å². The van der Waals surface area contributed by atoms with Gasteiger partial charge in [-0.2, -0.15) is 0 Å². The number of ether oxygens (including phenoxy) is 2. The number of carbonyl (C=O) groups is 1. The highest BCUT2D eigenvalue weighted by Crippen LogP contribution is 2.31. The molecule has 1 aliphatic rings. The fourth-order valence-electron chi connectivity index (χ4n) is 3.95. The molecule has 1 fully saturated rings. The zero-order valence-electron chi connectivity index (χ0n) is 18.8. The molecule has 0 bridgehead atoms. The third-order valence-corrected chi connectivity index (χ3v) is 5.84. The van der Waals surface area contributed by atoms with E-state index in [4.69, 9.17) is 14.5 Å². The van der Waals surface area contributed by atoms with Crippen LogP contribution in [0.25, 0.3) is 10.9 Å². The molecule has 0 unspecified atom stereocenters. The number of carbonyl (C=O) groups excluding carboxylic acids is 1. The predicted octanol–water partition coefficient (Wildman–Crippen LogP) is 4.76. The molecule has 0 aliphatic heterocycles. The van der Waals surface area contributed by atoms with Crippen molar-refractivity contribution in [3.05, 3.63) is 53.5 Å². The molecule has 1 amide bonds. The minimum Gasteiger partial charge on any atom is -0.493 e. The van der Waals surface area contributed by atoms with E-state index in [0.29, 0.717) is 12.2 Å². The van der Waals surface area contributed by atoms with Crippen molar-refractivity contribution in [1.29, 1.82) is 0 Å². The standard InChI is InChI=1S/C25H30N4O3/c1-3-4-13-31-23-17(2)22(29-21-12-8-7-11-20(21)23)16-32-25-26-14-18(15-27-25)24(30)28-19-9-5-6-10-19/h7-8,11-12,14-15,19H,3-6,9-10,13,16H2,1-2H3,(H,28,30). The number of fused-ring (bicyclic) bond motifs is 1. The van der Waals surface area contributed by atoms with Crippen LogP contribution >= 0.6 is 0 Å². The van der Waals surface area contributed by atoms with Gasteiger partial charge in [0.2, 0.25) is 0 Å². The Morgan fingerprint density at radius 2 is 1.88 bits per heavy atom. The number of pyridine rings is 1. The Labute approximate surface area is 188 Å². The Bertz CT molecular complexity index is 1060. The van der Waals surface area contributed by atoms with Crippen molar-refractivity contribution < 1.29 is 14.3 Å². The highest BCUT2D eigenvalue weighted by atomic mass is 16.5. The van der Waals surface area contributed by atoms with Crippen molar-refractivity contribution in [2.24, 2.45) is 0 Å². The van der Waals surface area contributed by atoms with Crippen LogP contribution in [0.1, 0.15) is 67.1 Å². The second kappa shape index (κ2) is 10.4. The molecule has 7 nitrogen and oxygen atoms in total. The number of nitrogens with one attached hydrogen (secondary N) is 1. The summed E-state index contributed by atoms with van der Waals surface area (Å²) in [6, 6.07) is 8.42. The maximum absolute atomic E-state index is 12.4. The van der Waals surface area contributed by atoms with Crippen LogP contribution in [0.15, 0.2) is 36.7 Å². The number of nitrogens with zero attached hydrogens (tertiary/aromatic N) is 3. The summed E-state index contributed by atoms with van der Waals surface area (Å²) >= 11 is 0. The van der Waals surface area contributed by atoms with Gasteiger partial charge in [0.15, 0.2) is 0 Å². The first-order valence-electron chi connectivity index (χ1n) is 11.4. The fraction of sp³-hybridized carbons (Fsp3) is 0.440. The second-order valence-corrected chi connectivity index (χ2v) is 8.23. The van der Waals surface area contributed by atoms with E-state index in [1.807, 2.05) is 31.2 Å². The van der Waals surface area contributed by atoms with Crippen LogP contribution in [0, 0.1) is 6.92 Å².